The third kappa shape index (κ3) is 5.14. The number of ether oxygens (including phenoxy) is 2. The Balaban J connectivity index is 2.88. The van der Waals surface area contributed by atoms with Gasteiger partial charge in [0.1, 0.15) is 5.75 Å². The number of aliphatic carboxylic acids is 1. The fourth-order valence-electron chi connectivity index (χ4n) is 1.67. The van der Waals surface area contributed by atoms with Gasteiger partial charge in [0.2, 0.25) is 0 Å². The largest absolute Gasteiger partial charge is 0.490 e. The smallest absolute Gasteiger partial charge is 0.328 e. The molecule has 4 heteroatoms. The van der Waals surface area contributed by atoms with E-state index < -0.39 is 5.97 Å². The summed E-state index contributed by atoms with van der Waals surface area (Å²) in [6, 6.07) is 5.66. The van der Waals surface area contributed by atoms with Gasteiger partial charge in [-0.3, -0.25) is 0 Å². The van der Waals surface area contributed by atoms with Crippen molar-refractivity contribution in [3.05, 3.63) is 35.4 Å². The van der Waals surface area contributed by atoms with Crippen LogP contribution in [0.4, 0.5) is 0 Å². The van der Waals surface area contributed by atoms with Gasteiger partial charge in [-0.1, -0.05) is 18.2 Å². The first-order chi connectivity index (χ1) is 9.04. The summed E-state index contributed by atoms with van der Waals surface area (Å²) in [5.74, 6) is -0.247. The minimum absolute atomic E-state index is 0.0121. The summed E-state index contributed by atoms with van der Waals surface area (Å²) in [6.07, 6.45) is 3.46. The zero-order chi connectivity index (χ0) is 14.3. The maximum atomic E-state index is 10.6. The van der Waals surface area contributed by atoms with E-state index in [0.717, 1.165) is 29.4 Å². The van der Waals surface area contributed by atoms with Crippen molar-refractivity contribution in [3.63, 3.8) is 0 Å². The molecule has 104 valence electrons. The van der Waals surface area contributed by atoms with Gasteiger partial charge in [0, 0.05) is 31.8 Å². The Labute approximate surface area is 113 Å². The molecule has 0 aromatic heterocycles. The normalized spacial score (nSPS) is 12.6. The number of para-hydroxylation sites is 1. The van der Waals surface area contributed by atoms with Gasteiger partial charge in [-0.05, 0) is 25.5 Å². The van der Waals surface area contributed by atoms with Crippen LogP contribution in [0, 0.1) is 6.92 Å². The molecule has 1 unspecified atom stereocenters. The molecule has 0 radical (unpaired) electrons. The number of carboxylic acids is 1. The summed E-state index contributed by atoms with van der Waals surface area (Å²) in [7, 11) is 1.65. The van der Waals surface area contributed by atoms with E-state index >= 15 is 0 Å². The summed E-state index contributed by atoms with van der Waals surface area (Å²) in [5.41, 5.74) is 1.75. The highest BCUT2D eigenvalue weighted by molar-refractivity contribution is 5.86. The number of carbonyl (C=O) groups is 1. The Morgan fingerprint density at radius 2 is 2.21 bits per heavy atom. The Hall–Kier alpha value is -1.81. The molecule has 0 heterocycles. The Morgan fingerprint density at radius 3 is 2.84 bits per heavy atom. The number of carboxylic acid groups (broad SMARTS) is 1. The second-order valence-electron chi connectivity index (χ2n) is 4.37. The summed E-state index contributed by atoms with van der Waals surface area (Å²) in [6.45, 7) is 4.54. The van der Waals surface area contributed by atoms with Gasteiger partial charge < -0.3 is 14.6 Å². The third-order valence-corrected chi connectivity index (χ3v) is 2.70. The Morgan fingerprint density at radius 1 is 1.47 bits per heavy atom. The van der Waals surface area contributed by atoms with Gasteiger partial charge >= 0.3 is 5.97 Å². The van der Waals surface area contributed by atoms with Crippen LogP contribution >= 0.6 is 0 Å². The van der Waals surface area contributed by atoms with Crippen LogP contribution in [-0.2, 0) is 9.53 Å². The summed E-state index contributed by atoms with van der Waals surface area (Å²) in [4.78, 5) is 10.6. The van der Waals surface area contributed by atoms with Gasteiger partial charge in [0.05, 0.1) is 6.10 Å². The quantitative estimate of drug-likeness (QED) is 0.769. The van der Waals surface area contributed by atoms with Crippen molar-refractivity contribution in [1.82, 2.24) is 0 Å². The predicted octanol–water partition coefficient (Wildman–Crippen LogP) is 2.90. The summed E-state index contributed by atoms with van der Waals surface area (Å²) >= 11 is 0. The molecule has 0 saturated carbocycles. The van der Waals surface area contributed by atoms with E-state index in [9.17, 15) is 4.79 Å². The highest BCUT2D eigenvalue weighted by atomic mass is 16.5. The van der Waals surface area contributed by atoms with Gasteiger partial charge in [0.25, 0.3) is 0 Å². The standard InChI is InChI=1S/C15H20O4/c1-11-5-4-6-13(7-8-14(16)17)15(11)19-12(2)9-10-18-3/h4-8,12H,9-10H2,1-3H3,(H,16,17)/b8-7+. The second kappa shape index (κ2) is 7.59. The highest BCUT2D eigenvalue weighted by Gasteiger charge is 2.09. The van der Waals surface area contributed by atoms with E-state index in [0.29, 0.717) is 6.61 Å². The number of rotatable bonds is 7. The first kappa shape index (κ1) is 15.2. The molecule has 0 fully saturated rings. The Bertz CT molecular complexity index is 451. The van der Waals surface area contributed by atoms with E-state index in [1.807, 2.05) is 32.0 Å². The van der Waals surface area contributed by atoms with Gasteiger partial charge in [0.15, 0.2) is 0 Å². The zero-order valence-corrected chi connectivity index (χ0v) is 11.6. The molecule has 0 saturated heterocycles. The SMILES string of the molecule is COCCC(C)Oc1c(C)cccc1/C=C/C(=O)O. The maximum Gasteiger partial charge on any atom is 0.328 e. The average Bonchev–Trinajstić information content (AvgIpc) is 2.37. The van der Waals surface area contributed by atoms with Gasteiger partial charge in [-0.25, -0.2) is 4.79 Å². The zero-order valence-electron chi connectivity index (χ0n) is 11.6. The fourth-order valence-corrected chi connectivity index (χ4v) is 1.67. The monoisotopic (exact) mass is 264 g/mol. The molecule has 0 bridgehead atoms. The number of hydrogen-bond donors (Lipinski definition) is 1. The molecule has 1 atom stereocenters. The Kier molecular flexibility index (Phi) is 6.09. The van der Waals surface area contributed by atoms with E-state index in [2.05, 4.69) is 0 Å². The van der Waals surface area contributed by atoms with E-state index in [1.165, 1.54) is 0 Å². The predicted molar refractivity (Wildman–Crippen MR) is 74.4 cm³/mol. The van der Waals surface area contributed by atoms with Crippen molar-refractivity contribution in [3.8, 4) is 5.75 Å². The van der Waals surface area contributed by atoms with Crippen LogP contribution < -0.4 is 4.74 Å². The van der Waals surface area contributed by atoms with E-state index in [4.69, 9.17) is 14.6 Å². The molecule has 0 spiro atoms. The molecule has 4 nitrogen and oxygen atoms in total. The van der Waals surface area contributed by atoms with Crippen LogP contribution in [0.3, 0.4) is 0 Å². The molecule has 0 aliphatic heterocycles. The minimum atomic E-state index is -0.972. The van der Waals surface area contributed by atoms with Gasteiger partial charge in [-0.2, -0.15) is 0 Å². The fraction of sp³-hybridized carbons (Fsp3) is 0.400. The maximum absolute atomic E-state index is 10.6. The van der Waals surface area contributed by atoms with Crippen LogP contribution in [0.25, 0.3) is 6.08 Å². The lowest BCUT2D eigenvalue weighted by molar-refractivity contribution is -0.131. The number of methoxy groups -OCH3 is 1. The first-order valence-electron chi connectivity index (χ1n) is 6.20. The number of aryl methyl sites for hydroxylation is 1. The van der Waals surface area contributed by atoms with Crippen molar-refractivity contribution in [2.75, 3.05) is 13.7 Å². The minimum Gasteiger partial charge on any atom is -0.490 e. The molecule has 0 aliphatic rings. The third-order valence-electron chi connectivity index (χ3n) is 2.70. The topological polar surface area (TPSA) is 55.8 Å². The van der Waals surface area contributed by atoms with Crippen molar-refractivity contribution in [2.45, 2.75) is 26.4 Å². The lowest BCUT2D eigenvalue weighted by Crippen LogP contribution is -2.15. The van der Waals surface area contributed by atoms with Crippen molar-refractivity contribution in [2.24, 2.45) is 0 Å². The molecule has 19 heavy (non-hydrogen) atoms. The lowest BCUT2D eigenvalue weighted by atomic mass is 10.1. The molecular formula is C15H20O4. The van der Waals surface area contributed by atoms with Crippen molar-refractivity contribution in [1.29, 1.82) is 0 Å². The van der Waals surface area contributed by atoms with Crippen LogP contribution in [0.1, 0.15) is 24.5 Å². The highest BCUT2D eigenvalue weighted by Crippen LogP contribution is 2.26. The lowest BCUT2D eigenvalue weighted by Gasteiger charge is -2.18. The number of hydrogen-bond acceptors (Lipinski definition) is 3. The van der Waals surface area contributed by atoms with Crippen molar-refractivity contribution < 1.29 is 19.4 Å². The van der Waals surface area contributed by atoms with E-state index in [1.54, 1.807) is 13.2 Å². The number of benzene rings is 1. The van der Waals surface area contributed by atoms with Gasteiger partial charge in [-0.15, -0.1) is 0 Å². The summed E-state index contributed by atoms with van der Waals surface area (Å²) < 4.78 is 10.9. The van der Waals surface area contributed by atoms with Crippen LogP contribution in [0.5, 0.6) is 5.75 Å². The molecular weight excluding hydrogens is 244 g/mol. The van der Waals surface area contributed by atoms with Crippen LogP contribution in [-0.4, -0.2) is 30.9 Å². The molecule has 1 N–H and O–H groups in total. The van der Waals surface area contributed by atoms with Crippen molar-refractivity contribution >= 4 is 12.0 Å². The molecule has 1 aromatic carbocycles. The molecule has 1 rings (SSSR count). The van der Waals surface area contributed by atoms with Crippen LogP contribution in [0.15, 0.2) is 24.3 Å². The second-order valence-corrected chi connectivity index (χ2v) is 4.37. The van der Waals surface area contributed by atoms with E-state index in [-0.39, 0.29) is 6.10 Å². The summed E-state index contributed by atoms with van der Waals surface area (Å²) in [5, 5.41) is 8.69. The van der Waals surface area contributed by atoms with Crippen LogP contribution in [0.2, 0.25) is 0 Å². The molecule has 0 amide bonds. The molecule has 1 aromatic rings. The molecule has 0 aliphatic carbocycles. The first-order valence-corrected chi connectivity index (χ1v) is 6.20. The average molecular weight is 264 g/mol.